The van der Waals surface area contributed by atoms with Crippen molar-refractivity contribution in [3.05, 3.63) is 82.5 Å². The Bertz CT molecular complexity index is 1010. The molecule has 2 aromatic carbocycles. The fraction of sp³-hybridized carbons (Fsp3) is 0.308. The molecular formula is C26H28O5. The number of ether oxygens (including phenoxy) is 2. The van der Waals surface area contributed by atoms with Crippen molar-refractivity contribution in [2.75, 3.05) is 0 Å². The van der Waals surface area contributed by atoms with Crippen molar-refractivity contribution in [1.82, 2.24) is 0 Å². The molecule has 2 aliphatic carbocycles. The van der Waals surface area contributed by atoms with Crippen LogP contribution in [0.3, 0.4) is 0 Å². The fourth-order valence-corrected chi connectivity index (χ4v) is 2.76. The van der Waals surface area contributed by atoms with Crippen molar-refractivity contribution in [3.63, 3.8) is 0 Å². The summed E-state index contributed by atoms with van der Waals surface area (Å²) in [6.45, 7) is 5.56. The zero-order valence-corrected chi connectivity index (χ0v) is 18.2. The molecule has 5 heteroatoms. The molecule has 0 radical (unpaired) electrons. The first-order chi connectivity index (χ1) is 14.8. The summed E-state index contributed by atoms with van der Waals surface area (Å²) in [6, 6.07) is 10.4. The Hall–Kier alpha value is -3.18. The highest BCUT2D eigenvalue weighted by Crippen LogP contribution is 2.30. The molecule has 0 saturated heterocycles. The molecular weight excluding hydrogens is 392 g/mol. The lowest BCUT2D eigenvalue weighted by molar-refractivity contribution is -0.129. The van der Waals surface area contributed by atoms with E-state index in [9.17, 15) is 14.7 Å². The van der Waals surface area contributed by atoms with Gasteiger partial charge in [0.25, 0.3) is 0 Å². The summed E-state index contributed by atoms with van der Waals surface area (Å²) in [7, 11) is 0. The highest BCUT2D eigenvalue weighted by atomic mass is 16.5. The number of benzene rings is 2. The number of carbonyl (C=O) groups is 2. The molecule has 1 atom stereocenters. The highest BCUT2D eigenvalue weighted by molar-refractivity contribution is 5.94. The highest BCUT2D eigenvalue weighted by Gasteiger charge is 2.18. The van der Waals surface area contributed by atoms with Gasteiger partial charge in [0.05, 0.1) is 17.2 Å². The summed E-state index contributed by atoms with van der Waals surface area (Å²) in [5.74, 6) is -0.112. The Morgan fingerprint density at radius 2 is 1.39 bits per heavy atom. The maximum atomic E-state index is 12.3. The van der Waals surface area contributed by atoms with Gasteiger partial charge in [-0.15, -0.1) is 0 Å². The van der Waals surface area contributed by atoms with Gasteiger partial charge in [-0.05, 0) is 68.7 Å². The van der Waals surface area contributed by atoms with Crippen LogP contribution in [-0.2, 0) is 4.79 Å². The van der Waals surface area contributed by atoms with E-state index in [1.807, 2.05) is 19.1 Å². The van der Waals surface area contributed by atoms with Gasteiger partial charge in [-0.3, -0.25) is 0 Å². The summed E-state index contributed by atoms with van der Waals surface area (Å²) >= 11 is 0. The quantitative estimate of drug-likeness (QED) is 0.547. The number of carbonyl (C=O) groups excluding carboxylic acids is 2. The molecule has 162 valence electrons. The van der Waals surface area contributed by atoms with Crippen LogP contribution < -0.4 is 9.47 Å². The first-order valence-corrected chi connectivity index (χ1v) is 10.5. The second-order valence-corrected chi connectivity index (χ2v) is 7.84. The molecule has 4 rings (SSSR count). The minimum Gasteiger partial charge on any atom is -0.423 e. The van der Waals surface area contributed by atoms with Gasteiger partial charge in [-0.2, -0.15) is 0 Å². The molecule has 0 bridgehead atoms. The van der Waals surface area contributed by atoms with Crippen molar-refractivity contribution in [2.45, 2.75) is 52.6 Å². The van der Waals surface area contributed by atoms with Gasteiger partial charge in [0.15, 0.2) is 0 Å². The van der Waals surface area contributed by atoms with Gasteiger partial charge in [-0.25, -0.2) is 9.59 Å². The number of aliphatic hydroxyl groups excluding tert-OH is 1. The lowest BCUT2D eigenvalue weighted by Gasteiger charge is -2.15. The Kier molecular flexibility index (Phi) is 7.42. The van der Waals surface area contributed by atoms with E-state index in [4.69, 9.17) is 9.47 Å². The van der Waals surface area contributed by atoms with Crippen LogP contribution in [0.5, 0.6) is 11.5 Å². The molecule has 1 fully saturated rings. The van der Waals surface area contributed by atoms with Gasteiger partial charge in [-0.1, -0.05) is 49.1 Å². The van der Waals surface area contributed by atoms with Gasteiger partial charge in [0.1, 0.15) is 11.5 Å². The predicted molar refractivity (Wildman–Crippen MR) is 119 cm³/mol. The smallest absolute Gasteiger partial charge is 0.343 e. The van der Waals surface area contributed by atoms with Crippen molar-refractivity contribution in [3.8, 4) is 11.5 Å². The second-order valence-electron chi connectivity index (χ2n) is 7.84. The SMILES string of the molecule is C1CC1.Cc1ccc(C(=O)Oc2ccc(OC(=O)C3=CCC(O)C=C3)c(C)c2C)cc1. The third-order valence-electron chi connectivity index (χ3n) is 5.05. The molecule has 0 heterocycles. The van der Waals surface area contributed by atoms with Crippen molar-refractivity contribution < 1.29 is 24.2 Å². The van der Waals surface area contributed by atoms with Crippen LogP contribution in [0.25, 0.3) is 0 Å². The molecule has 2 aromatic rings. The molecule has 1 unspecified atom stereocenters. The van der Waals surface area contributed by atoms with E-state index in [0.717, 1.165) is 5.56 Å². The molecule has 0 amide bonds. The molecule has 5 nitrogen and oxygen atoms in total. The maximum absolute atomic E-state index is 12.3. The van der Waals surface area contributed by atoms with Crippen molar-refractivity contribution in [2.24, 2.45) is 0 Å². The Labute approximate surface area is 183 Å². The molecule has 2 aliphatic rings. The lowest BCUT2D eigenvalue weighted by Crippen LogP contribution is -2.15. The summed E-state index contributed by atoms with van der Waals surface area (Å²) in [5.41, 5.74) is 3.36. The summed E-state index contributed by atoms with van der Waals surface area (Å²) < 4.78 is 11.0. The molecule has 0 aromatic heterocycles. The molecule has 0 aliphatic heterocycles. The zero-order valence-electron chi connectivity index (χ0n) is 18.2. The summed E-state index contributed by atoms with van der Waals surface area (Å²) in [4.78, 5) is 24.6. The molecule has 1 N–H and O–H groups in total. The number of aryl methyl sites for hydroxylation is 1. The Morgan fingerprint density at radius 3 is 1.87 bits per heavy atom. The molecule has 31 heavy (non-hydrogen) atoms. The normalized spacial score (nSPS) is 16.5. The topological polar surface area (TPSA) is 72.8 Å². The van der Waals surface area contributed by atoms with Crippen LogP contribution in [0.15, 0.2) is 60.2 Å². The van der Waals surface area contributed by atoms with E-state index >= 15 is 0 Å². The van der Waals surface area contributed by atoms with Crippen LogP contribution in [-0.4, -0.2) is 23.1 Å². The van der Waals surface area contributed by atoms with Crippen molar-refractivity contribution in [1.29, 1.82) is 0 Å². The average Bonchev–Trinajstić information content (AvgIpc) is 3.64. The maximum Gasteiger partial charge on any atom is 0.343 e. The number of aliphatic hydroxyl groups is 1. The van der Waals surface area contributed by atoms with E-state index < -0.39 is 18.0 Å². The van der Waals surface area contributed by atoms with Crippen LogP contribution in [0, 0.1) is 20.8 Å². The van der Waals surface area contributed by atoms with E-state index in [1.165, 1.54) is 19.3 Å². The standard InChI is InChI=1S/C23H22O5.C3H6/c1-14-4-6-17(7-5-14)22(25)27-20-12-13-21(16(3)15(20)2)28-23(26)18-8-10-19(24)11-9-18;1-2-3-1/h4-10,12-13,19,24H,11H2,1-3H3;1-3H2. The predicted octanol–water partition coefficient (Wildman–Crippen LogP) is 5.15. The van der Waals surface area contributed by atoms with Crippen LogP contribution in [0.4, 0.5) is 0 Å². The van der Waals surface area contributed by atoms with Crippen LogP contribution in [0.2, 0.25) is 0 Å². The van der Waals surface area contributed by atoms with Crippen LogP contribution in [0.1, 0.15) is 52.7 Å². The number of esters is 2. The van der Waals surface area contributed by atoms with Gasteiger partial charge in [0, 0.05) is 0 Å². The number of hydrogen-bond acceptors (Lipinski definition) is 5. The van der Waals surface area contributed by atoms with E-state index in [1.54, 1.807) is 56.3 Å². The van der Waals surface area contributed by atoms with E-state index in [-0.39, 0.29) is 0 Å². The first kappa shape index (κ1) is 22.5. The Morgan fingerprint density at radius 1 is 0.839 bits per heavy atom. The van der Waals surface area contributed by atoms with E-state index in [0.29, 0.717) is 40.2 Å². The second kappa shape index (κ2) is 10.2. The minimum atomic E-state index is -0.567. The zero-order chi connectivity index (χ0) is 22.4. The summed E-state index contributed by atoms with van der Waals surface area (Å²) in [5, 5.41) is 9.45. The number of hydrogen-bond donors (Lipinski definition) is 1. The summed E-state index contributed by atoms with van der Waals surface area (Å²) in [6.07, 6.45) is 9.07. The Balaban J connectivity index is 0.000000834. The molecule has 1 saturated carbocycles. The third kappa shape index (κ3) is 6.40. The minimum absolute atomic E-state index is 0.382. The van der Waals surface area contributed by atoms with Gasteiger partial charge in [0.2, 0.25) is 0 Å². The lowest BCUT2D eigenvalue weighted by atomic mass is 10.1. The van der Waals surface area contributed by atoms with Gasteiger partial charge < -0.3 is 14.6 Å². The first-order valence-electron chi connectivity index (χ1n) is 10.5. The monoisotopic (exact) mass is 420 g/mol. The van der Waals surface area contributed by atoms with Crippen LogP contribution >= 0.6 is 0 Å². The fourth-order valence-electron chi connectivity index (χ4n) is 2.76. The number of rotatable bonds is 4. The molecule has 0 spiro atoms. The largest absolute Gasteiger partial charge is 0.423 e. The van der Waals surface area contributed by atoms with Crippen molar-refractivity contribution >= 4 is 11.9 Å². The third-order valence-corrected chi connectivity index (χ3v) is 5.05. The van der Waals surface area contributed by atoms with Gasteiger partial charge >= 0.3 is 11.9 Å². The average molecular weight is 421 g/mol. The van der Waals surface area contributed by atoms with E-state index in [2.05, 4.69) is 0 Å².